The molecule has 1 fully saturated rings. The molecular formula is C10H11NS. The van der Waals surface area contributed by atoms with Gasteiger partial charge in [-0.05, 0) is 11.5 Å². The van der Waals surface area contributed by atoms with Gasteiger partial charge in [0, 0.05) is 12.1 Å². The van der Waals surface area contributed by atoms with Crippen LogP contribution in [0.2, 0.25) is 0 Å². The van der Waals surface area contributed by atoms with Crippen LogP contribution >= 0.6 is 12.2 Å². The molecule has 1 N–H and O–H groups in total. The van der Waals surface area contributed by atoms with Crippen molar-refractivity contribution in [1.82, 2.24) is 5.32 Å². The molecule has 0 radical (unpaired) electrons. The average Bonchev–Trinajstić information content (AvgIpc) is 2.31. The molecular weight excluding hydrogens is 166 g/mol. The number of nitrogens with one attached hydrogen (secondary N) is 1. The molecule has 1 heterocycles. The Kier molecular flexibility index (Phi) is 1.85. The van der Waals surface area contributed by atoms with Crippen molar-refractivity contribution in [3.8, 4) is 0 Å². The molecule has 0 amide bonds. The Morgan fingerprint density at radius 3 is 3.25 bits per heavy atom. The number of fused-ring (bicyclic) bond motifs is 1. The Balaban J connectivity index is 2.42. The molecule has 0 bridgehead atoms. The predicted octanol–water partition coefficient (Wildman–Crippen LogP) is 1.98. The average molecular weight is 177 g/mol. The van der Waals surface area contributed by atoms with E-state index in [-0.39, 0.29) is 0 Å². The van der Waals surface area contributed by atoms with Gasteiger partial charge in [-0.1, -0.05) is 43.4 Å². The fourth-order valence-corrected chi connectivity index (χ4v) is 1.81. The van der Waals surface area contributed by atoms with E-state index in [9.17, 15) is 0 Å². The van der Waals surface area contributed by atoms with Gasteiger partial charge in [0.1, 0.15) is 4.99 Å². The van der Waals surface area contributed by atoms with E-state index >= 15 is 0 Å². The molecule has 0 aromatic rings. The molecule has 2 heteroatoms. The molecule has 1 saturated heterocycles. The highest BCUT2D eigenvalue weighted by molar-refractivity contribution is 7.80. The van der Waals surface area contributed by atoms with Crippen LogP contribution in [0.4, 0.5) is 0 Å². The van der Waals surface area contributed by atoms with Crippen molar-refractivity contribution in [3.05, 3.63) is 35.5 Å². The van der Waals surface area contributed by atoms with Crippen LogP contribution in [0.1, 0.15) is 6.92 Å². The summed E-state index contributed by atoms with van der Waals surface area (Å²) in [6.07, 6.45) is 8.63. The zero-order chi connectivity index (χ0) is 8.55. The lowest BCUT2D eigenvalue weighted by Gasteiger charge is -1.98. The normalized spacial score (nSPS) is 27.1. The molecule has 1 aliphatic carbocycles. The molecule has 0 aromatic carbocycles. The molecule has 62 valence electrons. The second-order valence-electron chi connectivity index (χ2n) is 3.20. The maximum absolute atomic E-state index is 5.16. The Labute approximate surface area is 77.9 Å². The van der Waals surface area contributed by atoms with Gasteiger partial charge in [0.25, 0.3) is 0 Å². The van der Waals surface area contributed by atoms with Gasteiger partial charge in [0.05, 0.1) is 0 Å². The number of hydrogen-bond acceptors (Lipinski definition) is 1. The Morgan fingerprint density at radius 1 is 1.58 bits per heavy atom. The molecule has 2 rings (SSSR count). The molecule has 0 spiro atoms. The third-order valence-electron chi connectivity index (χ3n) is 2.17. The summed E-state index contributed by atoms with van der Waals surface area (Å²) in [5, 5.41) is 3.17. The fraction of sp³-hybridized carbons (Fsp3) is 0.300. The van der Waals surface area contributed by atoms with E-state index < -0.39 is 0 Å². The van der Waals surface area contributed by atoms with Gasteiger partial charge < -0.3 is 5.32 Å². The van der Waals surface area contributed by atoms with E-state index in [4.69, 9.17) is 12.2 Å². The quantitative estimate of drug-likeness (QED) is 0.568. The summed E-state index contributed by atoms with van der Waals surface area (Å²) in [5.74, 6) is 0.524. The van der Waals surface area contributed by atoms with Crippen LogP contribution in [0.15, 0.2) is 35.5 Å². The monoisotopic (exact) mass is 177 g/mol. The minimum Gasteiger partial charge on any atom is -0.372 e. The summed E-state index contributed by atoms with van der Waals surface area (Å²) in [5.41, 5.74) is 2.54. The lowest BCUT2D eigenvalue weighted by Crippen LogP contribution is -2.11. The molecule has 12 heavy (non-hydrogen) atoms. The van der Waals surface area contributed by atoms with Crippen LogP contribution < -0.4 is 5.32 Å². The Bertz CT molecular complexity index is 310. The number of rotatable bonds is 0. The fourth-order valence-electron chi connectivity index (χ4n) is 1.54. The van der Waals surface area contributed by atoms with Gasteiger partial charge in [-0.15, -0.1) is 0 Å². The first-order valence-corrected chi connectivity index (χ1v) is 4.56. The number of allylic oxidation sites excluding steroid dienone is 4. The summed E-state index contributed by atoms with van der Waals surface area (Å²) in [6, 6.07) is 0. The molecule has 0 aromatic heterocycles. The van der Waals surface area contributed by atoms with Gasteiger partial charge in [0.2, 0.25) is 0 Å². The summed E-state index contributed by atoms with van der Waals surface area (Å²) >= 11 is 5.16. The van der Waals surface area contributed by atoms with Gasteiger partial charge in [-0.25, -0.2) is 0 Å². The van der Waals surface area contributed by atoms with Crippen molar-refractivity contribution in [2.24, 2.45) is 5.92 Å². The molecule has 1 aliphatic heterocycles. The SMILES string of the molecule is CC1C=CC=C2C(=S)NCC2=C1. The van der Waals surface area contributed by atoms with Gasteiger partial charge in [-0.2, -0.15) is 0 Å². The Hall–Kier alpha value is -0.890. The third kappa shape index (κ3) is 1.23. The molecule has 2 aliphatic rings. The summed E-state index contributed by atoms with van der Waals surface area (Å²) < 4.78 is 0. The van der Waals surface area contributed by atoms with Gasteiger partial charge in [-0.3, -0.25) is 0 Å². The maximum Gasteiger partial charge on any atom is 0.107 e. The van der Waals surface area contributed by atoms with E-state index in [1.807, 2.05) is 0 Å². The lowest BCUT2D eigenvalue weighted by molar-refractivity contribution is 0.922. The van der Waals surface area contributed by atoms with E-state index in [0.29, 0.717) is 5.92 Å². The summed E-state index contributed by atoms with van der Waals surface area (Å²) in [6.45, 7) is 3.08. The van der Waals surface area contributed by atoms with E-state index in [2.05, 4.69) is 36.5 Å². The largest absolute Gasteiger partial charge is 0.372 e. The van der Waals surface area contributed by atoms with Crippen LogP contribution in [0.25, 0.3) is 0 Å². The van der Waals surface area contributed by atoms with Crippen molar-refractivity contribution in [1.29, 1.82) is 0 Å². The van der Waals surface area contributed by atoms with Crippen molar-refractivity contribution in [2.75, 3.05) is 6.54 Å². The first-order chi connectivity index (χ1) is 5.77. The van der Waals surface area contributed by atoms with Crippen molar-refractivity contribution in [2.45, 2.75) is 6.92 Å². The lowest BCUT2D eigenvalue weighted by atomic mass is 10.1. The maximum atomic E-state index is 5.16. The first kappa shape index (κ1) is 7.74. The standard InChI is InChI=1S/C10H11NS/c1-7-3-2-4-9-8(5-7)6-11-10(9)12/h2-5,7H,6H2,1H3,(H,11,12). The minimum atomic E-state index is 0.524. The highest BCUT2D eigenvalue weighted by Crippen LogP contribution is 2.22. The van der Waals surface area contributed by atoms with Crippen molar-refractivity contribution < 1.29 is 0 Å². The summed E-state index contributed by atoms with van der Waals surface area (Å²) in [7, 11) is 0. The number of hydrogen-bond donors (Lipinski definition) is 1. The van der Waals surface area contributed by atoms with Gasteiger partial charge in [0.15, 0.2) is 0 Å². The van der Waals surface area contributed by atoms with E-state index in [1.165, 1.54) is 11.1 Å². The highest BCUT2D eigenvalue weighted by atomic mass is 32.1. The van der Waals surface area contributed by atoms with Gasteiger partial charge >= 0.3 is 0 Å². The van der Waals surface area contributed by atoms with Crippen LogP contribution in [0, 0.1) is 5.92 Å². The molecule has 1 unspecified atom stereocenters. The Morgan fingerprint density at radius 2 is 2.42 bits per heavy atom. The molecule has 0 saturated carbocycles. The zero-order valence-electron chi connectivity index (χ0n) is 7.00. The smallest absolute Gasteiger partial charge is 0.107 e. The van der Waals surface area contributed by atoms with Crippen LogP contribution in [0.5, 0.6) is 0 Å². The van der Waals surface area contributed by atoms with E-state index in [0.717, 1.165) is 11.5 Å². The van der Waals surface area contributed by atoms with Crippen LogP contribution in [-0.2, 0) is 0 Å². The zero-order valence-corrected chi connectivity index (χ0v) is 7.82. The molecule has 1 atom stereocenters. The van der Waals surface area contributed by atoms with Crippen molar-refractivity contribution >= 4 is 17.2 Å². The predicted molar refractivity (Wildman–Crippen MR) is 55.1 cm³/mol. The highest BCUT2D eigenvalue weighted by Gasteiger charge is 2.18. The van der Waals surface area contributed by atoms with Crippen molar-refractivity contribution in [3.63, 3.8) is 0 Å². The minimum absolute atomic E-state index is 0.524. The third-order valence-corrected chi connectivity index (χ3v) is 2.54. The van der Waals surface area contributed by atoms with E-state index in [1.54, 1.807) is 0 Å². The second-order valence-corrected chi connectivity index (χ2v) is 3.61. The summed E-state index contributed by atoms with van der Waals surface area (Å²) in [4.78, 5) is 0.889. The van der Waals surface area contributed by atoms with Crippen LogP contribution in [0.3, 0.4) is 0 Å². The first-order valence-electron chi connectivity index (χ1n) is 4.15. The molecule has 1 nitrogen and oxygen atoms in total. The topological polar surface area (TPSA) is 12.0 Å². The number of thiocarbonyl (C=S) groups is 1. The van der Waals surface area contributed by atoms with Crippen LogP contribution in [-0.4, -0.2) is 11.5 Å². The second kappa shape index (κ2) is 2.87.